The summed E-state index contributed by atoms with van der Waals surface area (Å²) in [5.41, 5.74) is 9.18. The Morgan fingerprint density at radius 1 is 1.06 bits per heavy atom. The number of nitrogens with one attached hydrogen (secondary N) is 1. The maximum absolute atomic E-state index is 5.95. The summed E-state index contributed by atoms with van der Waals surface area (Å²) in [4.78, 5) is 0. The van der Waals surface area contributed by atoms with Crippen LogP contribution in [0.1, 0.15) is 12.0 Å². The third-order valence-electron chi connectivity index (χ3n) is 2.81. The third-order valence-corrected chi connectivity index (χ3v) is 3.49. The monoisotopic (exact) mass is 352 g/mol. The van der Waals surface area contributed by atoms with E-state index in [-0.39, 0.29) is 0 Å². The van der Waals surface area contributed by atoms with E-state index in [4.69, 9.17) is 5.73 Å². The molecule has 2 nitrogen and oxygen atoms in total. The number of benzene rings is 2. The first-order chi connectivity index (χ1) is 8.75. The number of nitrogens with two attached hydrogens (primary N) is 1. The largest absolute Gasteiger partial charge is 0.397 e. The Morgan fingerprint density at radius 3 is 2.56 bits per heavy atom. The van der Waals surface area contributed by atoms with Crippen molar-refractivity contribution in [3.63, 3.8) is 0 Å². The predicted molar refractivity (Wildman–Crippen MR) is 86.8 cm³/mol. The average molecular weight is 352 g/mol. The van der Waals surface area contributed by atoms with Crippen molar-refractivity contribution in [2.75, 3.05) is 17.6 Å². The number of anilines is 2. The minimum atomic E-state index is 0.821. The van der Waals surface area contributed by atoms with Crippen LogP contribution < -0.4 is 11.1 Å². The lowest BCUT2D eigenvalue weighted by Gasteiger charge is -2.09. The van der Waals surface area contributed by atoms with Crippen LogP contribution in [0.4, 0.5) is 11.4 Å². The van der Waals surface area contributed by atoms with Gasteiger partial charge in [-0.1, -0.05) is 30.3 Å². The van der Waals surface area contributed by atoms with Gasteiger partial charge in [0.1, 0.15) is 0 Å². The molecule has 3 N–H and O–H groups in total. The minimum Gasteiger partial charge on any atom is -0.397 e. The highest BCUT2D eigenvalue weighted by Gasteiger charge is 1.98. The Hall–Kier alpha value is -1.23. The molecule has 0 spiro atoms. The second kappa shape index (κ2) is 6.64. The molecule has 2 rings (SSSR count). The molecule has 0 radical (unpaired) electrons. The van der Waals surface area contributed by atoms with E-state index in [9.17, 15) is 0 Å². The molecule has 0 aliphatic heterocycles. The lowest BCUT2D eigenvalue weighted by molar-refractivity contribution is 0.863. The molecule has 0 bridgehead atoms. The molecule has 0 amide bonds. The average Bonchev–Trinajstić information content (AvgIpc) is 2.38. The molecule has 2 aromatic carbocycles. The van der Waals surface area contributed by atoms with Crippen LogP contribution in [0.25, 0.3) is 0 Å². The highest BCUT2D eigenvalue weighted by molar-refractivity contribution is 14.1. The van der Waals surface area contributed by atoms with E-state index >= 15 is 0 Å². The zero-order valence-electron chi connectivity index (χ0n) is 10.2. The number of hydrogen-bond donors (Lipinski definition) is 2. The maximum atomic E-state index is 5.95. The van der Waals surface area contributed by atoms with Crippen molar-refractivity contribution < 1.29 is 0 Å². The van der Waals surface area contributed by atoms with E-state index in [1.165, 1.54) is 9.13 Å². The van der Waals surface area contributed by atoms with Crippen molar-refractivity contribution in [2.24, 2.45) is 0 Å². The topological polar surface area (TPSA) is 38.0 Å². The van der Waals surface area contributed by atoms with Gasteiger partial charge in [-0.2, -0.15) is 0 Å². The number of halogens is 1. The van der Waals surface area contributed by atoms with Crippen molar-refractivity contribution in [2.45, 2.75) is 12.8 Å². The Labute approximate surface area is 122 Å². The van der Waals surface area contributed by atoms with Crippen molar-refractivity contribution >= 4 is 34.0 Å². The summed E-state index contributed by atoms with van der Waals surface area (Å²) in [6, 6.07) is 16.6. The van der Waals surface area contributed by atoms with E-state index in [1.807, 2.05) is 18.2 Å². The van der Waals surface area contributed by atoms with Crippen LogP contribution in [0, 0.1) is 3.57 Å². The van der Waals surface area contributed by atoms with Crippen LogP contribution in [0.3, 0.4) is 0 Å². The molecule has 0 heterocycles. The summed E-state index contributed by atoms with van der Waals surface area (Å²) in [5.74, 6) is 0. The van der Waals surface area contributed by atoms with Gasteiger partial charge in [-0.05, 0) is 59.2 Å². The lowest BCUT2D eigenvalue weighted by atomic mass is 10.1. The van der Waals surface area contributed by atoms with Crippen LogP contribution >= 0.6 is 22.6 Å². The fourth-order valence-electron chi connectivity index (χ4n) is 1.85. The van der Waals surface area contributed by atoms with Gasteiger partial charge < -0.3 is 11.1 Å². The van der Waals surface area contributed by atoms with Crippen LogP contribution in [0.2, 0.25) is 0 Å². The van der Waals surface area contributed by atoms with Gasteiger partial charge in [0.25, 0.3) is 0 Å². The highest BCUT2D eigenvalue weighted by Crippen LogP contribution is 2.20. The van der Waals surface area contributed by atoms with E-state index in [2.05, 4.69) is 58.2 Å². The summed E-state index contributed by atoms with van der Waals surface area (Å²) in [6.45, 7) is 0.944. The van der Waals surface area contributed by atoms with Crippen molar-refractivity contribution in [1.82, 2.24) is 0 Å². The number of aryl methyl sites for hydroxylation is 1. The van der Waals surface area contributed by atoms with Gasteiger partial charge in [0.2, 0.25) is 0 Å². The maximum Gasteiger partial charge on any atom is 0.0574 e. The molecule has 0 aliphatic rings. The molecular weight excluding hydrogens is 335 g/mol. The van der Waals surface area contributed by atoms with E-state index in [0.717, 1.165) is 30.8 Å². The number of rotatable bonds is 5. The smallest absolute Gasteiger partial charge is 0.0574 e. The van der Waals surface area contributed by atoms with Crippen molar-refractivity contribution in [3.05, 3.63) is 57.7 Å². The van der Waals surface area contributed by atoms with E-state index in [0.29, 0.717) is 0 Å². The second-order valence-corrected chi connectivity index (χ2v) is 5.49. The molecule has 0 aliphatic carbocycles. The van der Waals surface area contributed by atoms with E-state index in [1.54, 1.807) is 0 Å². The third kappa shape index (κ3) is 3.91. The molecule has 0 saturated carbocycles. The zero-order chi connectivity index (χ0) is 12.8. The van der Waals surface area contributed by atoms with Gasteiger partial charge in [0, 0.05) is 10.1 Å². The lowest BCUT2D eigenvalue weighted by Crippen LogP contribution is -2.05. The molecule has 0 aromatic heterocycles. The second-order valence-electron chi connectivity index (χ2n) is 4.25. The van der Waals surface area contributed by atoms with Crippen LogP contribution in [-0.4, -0.2) is 6.54 Å². The molecule has 0 unspecified atom stereocenters. The molecular formula is C15H17IN2. The first-order valence-electron chi connectivity index (χ1n) is 6.08. The molecule has 0 saturated heterocycles. The fraction of sp³-hybridized carbons (Fsp3) is 0.200. The molecule has 2 aromatic rings. The summed E-state index contributed by atoms with van der Waals surface area (Å²) in [5, 5.41) is 3.38. The zero-order valence-corrected chi connectivity index (χ0v) is 12.4. The summed E-state index contributed by atoms with van der Waals surface area (Å²) in [6.07, 6.45) is 2.20. The van der Waals surface area contributed by atoms with Gasteiger partial charge in [0.05, 0.1) is 11.4 Å². The summed E-state index contributed by atoms with van der Waals surface area (Å²) in [7, 11) is 0. The van der Waals surface area contributed by atoms with Crippen LogP contribution in [0.5, 0.6) is 0 Å². The normalized spacial score (nSPS) is 10.3. The molecule has 0 fully saturated rings. The molecule has 3 heteroatoms. The SMILES string of the molecule is Nc1cc(I)ccc1NCCCc1ccccc1. The molecule has 0 atom stereocenters. The van der Waals surface area contributed by atoms with Gasteiger partial charge in [-0.15, -0.1) is 0 Å². The Kier molecular flexibility index (Phi) is 4.87. The standard InChI is InChI=1S/C15H17IN2/c16-13-8-9-15(14(17)11-13)18-10-4-7-12-5-2-1-3-6-12/h1-3,5-6,8-9,11,18H,4,7,10,17H2. The van der Waals surface area contributed by atoms with Crippen molar-refractivity contribution in [3.8, 4) is 0 Å². The summed E-state index contributed by atoms with van der Waals surface area (Å²) < 4.78 is 1.17. The first kappa shape index (κ1) is 13.2. The first-order valence-corrected chi connectivity index (χ1v) is 7.16. The minimum absolute atomic E-state index is 0.821. The van der Waals surface area contributed by atoms with Gasteiger partial charge in [-0.3, -0.25) is 0 Å². The van der Waals surface area contributed by atoms with E-state index < -0.39 is 0 Å². The highest BCUT2D eigenvalue weighted by atomic mass is 127. The van der Waals surface area contributed by atoms with Gasteiger partial charge in [-0.25, -0.2) is 0 Å². The quantitative estimate of drug-likeness (QED) is 0.486. The number of hydrogen-bond acceptors (Lipinski definition) is 2. The van der Waals surface area contributed by atoms with Crippen LogP contribution in [0.15, 0.2) is 48.5 Å². The van der Waals surface area contributed by atoms with Crippen molar-refractivity contribution in [1.29, 1.82) is 0 Å². The van der Waals surface area contributed by atoms with Gasteiger partial charge >= 0.3 is 0 Å². The van der Waals surface area contributed by atoms with Gasteiger partial charge in [0.15, 0.2) is 0 Å². The predicted octanol–water partition coefficient (Wildman–Crippen LogP) is 3.92. The van der Waals surface area contributed by atoms with Crippen LogP contribution in [-0.2, 0) is 6.42 Å². The number of nitrogen functional groups attached to an aromatic ring is 1. The summed E-state index contributed by atoms with van der Waals surface area (Å²) >= 11 is 2.27. The Bertz CT molecular complexity index is 497. The fourth-order valence-corrected chi connectivity index (χ4v) is 2.37. The molecule has 18 heavy (non-hydrogen) atoms. The Morgan fingerprint density at radius 2 is 1.83 bits per heavy atom. The molecule has 94 valence electrons. The Balaban J connectivity index is 1.79.